The predicted octanol–water partition coefficient (Wildman–Crippen LogP) is 5.84. The Morgan fingerprint density at radius 2 is 1.14 bits per heavy atom. The molecule has 0 aromatic heterocycles. The molecule has 0 heterocycles. The highest BCUT2D eigenvalue weighted by Gasteiger charge is 2.89. The van der Waals surface area contributed by atoms with Gasteiger partial charge < -0.3 is 5.32 Å². The van der Waals surface area contributed by atoms with Crippen molar-refractivity contribution in [3.63, 3.8) is 0 Å². The zero-order valence-corrected chi connectivity index (χ0v) is 17.4. The number of carbonyl (C=O) groups is 3. The summed E-state index contributed by atoms with van der Waals surface area (Å²) in [4.78, 5) is 37.3. The number of rotatable bonds is 7. The lowest BCUT2D eigenvalue weighted by molar-refractivity contribution is -0.406. The van der Waals surface area contributed by atoms with Crippen molar-refractivity contribution in [3.05, 3.63) is 64.7 Å². The molecule has 0 bridgehead atoms. The molecule has 1 aliphatic rings. The van der Waals surface area contributed by atoms with E-state index in [1.54, 1.807) is 0 Å². The molecular weight excluding hydrogens is 542 g/mol. The number of anilines is 1. The molecule has 0 fully saturated rings. The lowest BCUT2D eigenvalue weighted by Crippen LogP contribution is -2.70. The Balaban J connectivity index is 2.03. The number of ketones is 2. The summed E-state index contributed by atoms with van der Waals surface area (Å²) in [5.41, 5.74) is -3.05. The van der Waals surface area contributed by atoms with Crippen molar-refractivity contribution in [2.75, 3.05) is 5.32 Å². The molecule has 2 aromatic rings. The van der Waals surface area contributed by atoms with Gasteiger partial charge in [0.1, 0.15) is 0 Å². The second-order valence-electron chi connectivity index (χ2n) is 7.61. The van der Waals surface area contributed by atoms with Gasteiger partial charge in [-0.3, -0.25) is 14.4 Å². The molecule has 0 saturated carbocycles. The molecule has 1 amide bonds. The van der Waals surface area contributed by atoms with Crippen molar-refractivity contribution >= 4 is 23.2 Å². The first kappa shape index (κ1) is 28.0. The van der Waals surface area contributed by atoms with Gasteiger partial charge in [-0.1, -0.05) is 36.4 Å². The molecule has 0 spiro atoms. The van der Waals surface area contributed by atoms with Crippen LogP contribution < -0.4 is 5.32 Å². The average Bonchev–Trinajstić information content (AvgIpc) is 2.81. The van der Waals surface area contributed by atoms with E-state index in [-0.39, 0.29) is 11.1 Å². The molecule has 0 atom stereocenters. The minimum Gasteiger partial charge on any atom is -0.320 e. The normalized spacial score (nSPS) is 14.9. The van der Waals surface area contributed by atoms with Crippen molar-refractivity contribution in [3.8, 4) is 0 Å². The van der Waals surface area contributed by atoms with Crippen LogP contribution in [0, 0.1) is 0 Å². The van der Waals surface area contributed by atoms with Crippen LogP contribution >= 0.6 is 0 Å². The SMILES string of the molecule is O=C1c2ccccc2C(=O)c2c(NC(=O)C(F)(F)C(F)(F)C(F)(F)C(F)(F)C(F)(F)C(F)F)cccc21. The fourth-order valence-electron chi connectivity index (χ4n) is 3.33. The third-order valence-electron chi connectivity index (χ3n) is 5.36. The molecule has 0 saturated heterocycles. The Morgan fingerprint density at radius 3 is 1.65 bits per heavy atom. The smallest absolute Gasteiger partial charge is 0.320 e. The Labute approximate surface area is 197 Å². The number of alkyl halides is 12. The minimum absolute atomic E-state index is 0.179. The third-order valence-corrected chi connectivity index (χ3v) is 5.36. The average molecular weight is 551 g/mol. The van der Waals surface area contributed by atoms with Gasteiger partial charge in [-0.2, -0.15) is 43.9 Å². The molecule has 4 nitrogen and oxygen atoms in total. The first-order valence-electron chi connectivity index (χ1n) is 9.55. The molecular formula is C21H9F12NO3. The summed E-state index contributed by atoms with van der Waals surface area (Å²) in [5, 5.41) is 0.927. The van der Waals surface area contributed by atoms with E-state index in [2.05, 4.69) is 0 Å². The zero-order chi connectivity index (χ0) is 28.4. The van der Waals surface area contributed by atoms with Crippen molar-refractivity contribution < 1.29 is 67.1 Å². The van der Waals surface area contributed by atoms with Crippen molar-refractivity contribution in [2.45, 2.75) is 36.0 Å². The lowest BCUT2D eigenvalue weighted by Gasteiger charge is -2.38. The van der Waals surface area contributed by atoms with E-state index >= 15 is 0 Å². The molecule has 0 aliphatic heterocycles. The Hall–Kier alpha value is -3.59. The lowest BCUT2D eigenvalue weighted by atomic mass is 9.83. The standard InChI is InChI=1S/C21H9F12NO3/c22-15(23)17(24,25)19(28,29)21(32,33)20(30,31)18(26,27)16(37)34-11-7-3-6-10-12(11)14(36)9-5-2-1-4-8(9)13(10)35/h1-7,15H,(H,34,37). The van der Waals surface area contributed by atoms with Crippen molar-refractivity contribution in [2.24, 2.45) is 0 Å². The Kier molecular flexibility index (Phi) is 6.41. The summed E-state index contributed by atoms with van der Waals surface area (Å²) in [7, 11) is 0. The minimum atomic E-state index is -7.90. The number of hydrogen-bond donors (Lipinski definition) is 1. The summed E-state index contributed by atoms with van der Waals surface area (Å²) < 4.78 is 161. The number of carbonyl (C=O) groups excluding carboxylic acids is 3. The van der Waals surface area contributed by atoms with Crippen LogP contribution in [0.1, 0.15) is 31.8 Å². The number of amides is 1. The molecule has 3 rings (SSSR count). The van der Waals surface area contributed by atoms with Crippen molar-refractivity contribution in [1.29, 1.82) is 0 Å². The molecule has 1 N–H and O–H groups in total. The molecule has 16 heteroatoms. The van der Waals surface area contributed by atoms with Gasteiger partial charge >= 0.3 is 41.9 Å². The Bertz CT molecular complexity index is 1290. The number of fused-ring (bicyclic) bond motifs is 2. The Morgan fingerprint density at radius 1 is 0.649 bits per heavy atom. The highest BCUT2D eigenvalue weighted by Crippen LogP contribution is 2.58. The summed E-state index contributed by atoms with van der Waals surface area (Å²) >= 11 is 0. The van der Waals surface area contributed by atoms with Gasteiger partial charge in [-0.05, 0) is 6.07 Å². The van der Waals surface area contributed by atoms with Crippen LogP contribution in [0.5, 0.6) is 0 Å². The quantitative estimate of drug-likeness (QED) is 0.376. The van der Waals surface area contributed by atoms with E-state index in [9.17, 15) is 67.1 Å². The van der Waals surface area contributed by atoms with Gasteiger partial charge in [0.25, 0.3) is 0 Å². The summed E-state index contributed by atoms with van der Waals surface area (Å²) in [6.07, 6.45) is -5.69. The van der Waals surface area contributed by atoms with Gasteiger partial charge in [0.15, 0.2) is 11.6 Å². The van der Waals surface area contributed by atoms with Gasteiger partial charge in [0.05, 0.1) is 11.3 Å². The van der Waals surface area contributed by atoms with Crippen LogP contribution in [0.3, 0.4) is 0 Å². The van der Waals surface area contributed by atoms with Crippen LogP contribution in [-0.2, 0) is 4.79 Å². The van der Waals surface area contributed by atoms with E-state index in [0.29, 0.717) is 6.07 Å². The highest BCUT2D eigenvalue weighted by molar-refractivity contribution is 6.30. The maximum Gasteiger partial charge on any atom is 0.393 e. The summed E-state index contributed by atoms with van der Waals surface area (Å²) in [6, 6.07) is 7.27. The van der Waals surface area contributed by atoms with Crippen LogP contribution in [-0.4, -0.2) is 53.5 Å². The van der Waals surface area contributed by atoms with Crippen LogP contribution in [0.2, 0.25) is 0 Å². The topological polar surface area (TPSA) is 63.2 Å². The summed E-state index contributed by atoms with van der Waals surface area (Å²) in [5.74, 6) is -43.0. The molecule has 200 valence electrons. The second kappa shape index (κ2) is 8.48. The fraction of sp³-hybridized carbons (Fsp3) is 0.286. The van der Waals surface area contributed by atoms with Gasteiger partial charge in [0, 0.05) is 16.7 Å². The number of benzene rings is 2. The molecule has 1 aliphatic carbocycles. The maximum absolute atomic E-state index is 14.2. The van der Waals surface area contributed by atoms with E-state index in [4.69, 9.17) is 0 Å². The summed E-state index contributed by atoms with van der Waals surface area (Å²) in [6.45, 7) is 0. The highest BCUT2D eigenvalue weighted by atomic mass is 19.4. The molecule has 0 radical (unpaired) electrons. The predicted molar refractivity (Wildman–Crippen MR) is 99.1 cm³/mol. The van der Waals surface area contributed by atoms with E-state index in [1.807, 2.05) is 0 Å². The van der Waals surface area contributed by atoms with Crippen LogP contribution in [0.15, 0.2) is 42.5 Å². The van der Waals surface area contributed by atoms with Gasteiger partial charge in [-0.25, -0.2) is 8.78 Å². The fourth-order valence-corrected chi connectivity index (χ4v) is 3.33. The van der Waals surface area contributed by atoms with E-state index in [1.165, 1.54) is 18.2 Å². The second-order valence-corrected chi connectivity index (χ2v) is 7.61. The molecule has 37 heavy (non-hydrogen) atoms. The first-order valence-corrected chi connectivity index (χ1v) is 9.55. The monoisotopic (exact) mass is 551 g/mol. The third kappa shape index (κ3) is 3.75. The van der Waals surface area contributed by atoms with E-state index in [0.717, 1.165) is 23.5 Å². The van der Waals surface area contributed by atoms with Gasteiger partial charge in [-0.15, -0.1) is 0 Å². The van der Waals surface area contributed by atoms with Gasteiger partial charge in [0.2, 0.25) is 0 Å². The van der Waals surface area contributed by atoms with Crippen LogP contribution in [0.4, 0.5) is 58.4 Å². The molecule has 0 unspecified atom stereocenters. The van der Waals surface area contributed by atoms with Crippen molar-refractivity contribution in [1.82, 2.24) is 0 Å². The van der Waals surface area contributed by atoms with E-state index < -0.39 is 70.3 Å². The maximum atomic E-state index is 14.2. The zero-order valence-electron chi connectivity index (χ0n) is 17.4. The largest absolute Gasteiger partial charge is 0.393 e. The number of nitrogens with one attached hydrogen (secondary N) is 1. The number of halogens is 12. The van der Waals surface area contributed by atoms with Crippen LogP contribution in [0.25, 0.3) is 0 Å². The molecule has 2 aromatic carbocycles. The number of hydrogen-bond acceptors (Lipinski definition) is 3. The first-order chi connectivity index (χ1) is 16.7.